The number of nitrogens with one attached hydrogen (secondary N) is 2. The van der Waals surface area contributed by atoms with Gasteiger partial charge in [-0.3, -0.25) is 0 Å². The Morgan fingerprint density at radius 2 is 2.06 bits per heavy atom. The molecular formula is C22H31IN6OS. The van der Waals surface area contributed by atoms with Gasteiger partial charge < -0.3 is 19.9 Å². The molecule has 0 aliphatic heterocycles. The minimum atomic E-state index is 0. The van der Waals surface area contributed by atoms with Gasteiger partial charge in [-0.1, -0.05) is 30.7 Å². The number of hydrogen-bond acceptors (Lipinski definition) is 5. The highest BCUT2D eigenvalue weighted by Gasteiger charge is 2.06. The third kappa shape index (κ3) is 7.80. The zero-order chi connectivity index (χ0) is 21.2. The lowest BCUT2D eigenvalue weighted by molar-refractivity contribution is 0.409. The lowest BCUT2D eigenvalue weighted by atomic mass is 10.1. The highest BCUT2D eigenvalue weighted by Crippen LogP contribution is 2.19. The maximum atomic E-state index is 5.50. The van der Waals surface area contributed by atoms with Gasteiger partial charge in [-0.15, -0.1) is 45.5 Å². The summed E-state index contributed by atoms with van der Waals surface area (Å²) in [6, 6.07) is 10.4. The number of benzene rings is 1. The first-order chi connectivity index (χ1) is 14.7. The number of guanidine groups is 1. The second-order valence-electron chi connectivity index (χ2n) is 6.96. The zero-order valence-corrected chi connectivity index (χ0v) is 21.4. The van der Waals surface area contributed by atoms with Crippen molar-refractivity contribution >= 4 is 41.3 Å². The van der Waals surface area contributed by atoms with E-state index in [-0.39, 0.29) is 24.0 Å². The predicted octanol–water partition coefficient (Wildman–Crippen LogP) is 3.82. The third-order valence-corrected chi connectivity index (χ3v) is 5.61. The minimum absolute atomic E-state index is 0. The number of ether oxygens (including phenoxy) is 1. The van der Waals surface area contributed by atoms with Crippen molar-refractivity contribution in [1.29, 1.82) is 0 Å². The Kier molecular flexibility index (Phi) is 10.8. The summed E-state index contributed by atoms with van der Waals surface area (Å²) in [5, 5.41) is 17.1. The van der Waals surface area contributed by atoms with Crippen molar-refractivity contribution < 1.29 is 4.74 Å². The molecule has 0 radical (unpaired) electrons. The van der Waals surface area contributed by atoms with Crippen molar-refractivity contribution in [1.82, 2.24) is 25.4 Å². The number of aromatic nitrogens is 3. The Morgan fingerprint density at radius 1 is 1.23 bits per heavy atom. The molecule has 0 saturated carbocycles. The van der Waals surface area contributed by atoms with Gasteiger partial charge >= 0.3 is 0 Å². The van der Waals surface area contributed by atoms with Crippen LogP contribution in [0.15, 0.2) is 47.0 Å². The average molecular weight is 555 g/mol. The van der Waals surface area contributed by atoms with E-state index in [9.17, 15) is 0 Å². The Labute approximate surface area is 205 Å². The zero-order valence-electron chi connectivity index (χ0n) is 18.3. The fourth-order valence-corrected chi connectivity index (χ4v) is 3.81. The molecule has 0 unspecified atom stereocenters. The van der Waals surface area contributed by atoms with Gasteiger partial charge in [0.15, 0.2) is 5.96 Å². The lowest BCUT2D eigenvalue weighted by Gasteiger charge is -2.14. The van der Waals surface area contributed by atoms with E-state index < -0.39 is 0 Å². The van der Waals surface area contributed by atoms with E-state index in [1.165, 1.54) is 16.0 Å². The van der Waals surface area contributed by atoms with Crippen LogP contribution in [0.3, 0.4) is 0 Å². The van der Waals surface area contributed by atoms with E-state index in [4.69, 9.17) is 9.73 Å². The summed E-state index contributed by atoms with van der Waals surface area (Å²) in [7, 11) is 1.71. The first-order valence-corrected chi connectivity index (χ1v) is 11.1. The van der Waals surface area contributed by atoms with E-state index in [0.717, 1.165) is 50.0 Å². The molecule has 3 rings (SSSR count). The summed E-state index contributed by atoms with van der Waals surface area (Å²) >= 11 is 1.72. The number of hydrogen-bond donors (Lipinski definition) is 2. The van der Waals surface area contributed by atoms with Gasteiger partial charge in [0.05, 0.1) is 13.7 Å². The molecule has 31 heavy (non-hydrogen) atoms. The Balaban J connectivity index is 0.00000341. The van der Waals surface area contributed by atoms with Crippen molar-refractivity contribution in [3.63, 3.8) is 0 Å². The number of rotatable bonds is 10. The van der Waals surface area contributed by atoms with Crippen molar-refractivity contribution in [3.8, 4) is 5.75 Å². The maximum absolute atomic E-state index is 5.50. The van der Waals surface area contributed by atoms with Gasteiger partial charge in [-0.05, 0) is 36.4 Å². The predicted molar refractivity (Wildman–Crippen MR) is 138 cm³/mol. The number of halogens is 1. The van der Waals surface area contributed by atoms with Crippen LogP contribution in [0.1, 0.15) is 28.8 Å². The molecule has 7 nitrogen and oxygen atoms in total. The average Bonchev–Trinajstić information content (AvgIpc) is 3.43. The highest BCUT2D eigenvalue weighted by atomic mass is 127. The normalized spacial score (nSPS) is 11.1. The lowest BCUT2D eigenvalue weighted by Crippen LogP contribution is -2.40. The van der Waals surface area contributed by atoms with Crippen LogP contribution in [-0.4, -0.2) is 40.9 Å². The number of thiophene rings is 1. The van der Waals surface area contributed by atoms with Crippen LogP contribution in [0.5, 0.6) is 5.75 Å². The van der Waals surface area contributed by atoms with E-state index in [1.807, 2.05) is 6.07 Å². The van der Waals surface area contributed by atoms with Gasteiger partial charge in [-0.25, -0.2) is 4.99 Å². The molecule has 0 aliphatic carbocycles. The molecule has 9 heteroatoms. The molecule has 168 valence electrons. The third-order valence-electron chi connectivity index (χ3n) is 4.75. The van der Waals surface area contributed by atoms with Crippen LogP contribution < -0.4 is 15.4 Å². The summed E-state index contributed by atoms with van der Waals surface area (Å²) in [5.74, 6) is 2.72. The van der Waals surface area contributed by atoms with Crippen LogP contribution in [-0.2, 0) is 25.9 Å². The van der Waals surface area contributed by atoms with Gasteiger partial charge in [0.1, 0.15) is 17.9 Å². The standard InChI is InChI=1S/C22H30N6OS.HI/c1-4-21-27-26-16-28(21)12-11-24-22(25-15-19-6-5-13-30-19)23-10-9-18-14-17(2)7-8-20(18)29-3;/h5-8,13-14,16H,4,9-12,15H2,1-3H3,(H2,23,24,25);1H. The molecule has 0 aliphatic rings. The van der Waals surface area contributed by atoms with Crippen LogP contribution in [0.2, 0.25) is 0 Å². The van der Waals surface area contributed by atoms with E-state index in [0.29, 0.717) is 6.54 Å². The highest BCUT2D eigenvalue weighted by molar-refractivity contribution is 14.0. The van der Waals surface area contributed by atoms with E-state index in [2.05, 4.69) is 68.9 Å². The molecular weight excluding hydrogens is 523 g/mol. The van der Waals surface area contributed by atoms with Crippen molar-refractivity contribution in [2.75, 3.05) is 20.2 Å². The molecule has 3 aromatic rings. The first-order valence-electron chi connectivity index (χ1n) is 10.2. The monoisotopic (exact) mass is 554 g/mol. The van der Waals surface area contributed by atoms with Gasteiger partial charge in [-0.2, -0.15) is 0 Å². The van der Waals surface area contributed by atoms with Crippen molar-refractivity contribution in [2.24, 2.45) is 4.99 Å². The quantitative estimate of drug-likeness (QED) is 0.227. The van der Waals surface area contributed by atoms with Crippen LogP contribution >= 0.6 is 35.3 Å². The summed E-state index contributed by atoms with van der Waals surface area (Å²) in [5.41, 5.74) is 2.43. The molecule has 0 amide bonds. The van der Waals surface area contributed by atoms with Gasteiger partial charge in [0.25, 0.3) is 0 Å². The molecule has 2 N–H and O–H groups in total. The fraction of sp³-hybridized carbons (Fsp3) is 0.409. The molecule has 0 atom stereocenters. The largest absolute Gasteiger partial charge is 0.496 e. The number of aryl methyl sites for hydroxylation is 2. The smallest absolute Gasteiger partial charge is 0.191 e. The molecule has 0 saturated heterocycles. The Hall–Kier alpha value is -2.14. The van der Waals surface area contributed by atoms with Crippen LogP contribution in [0, 0.1) is 6.92 Å². The summed E-state index contributed by atoms with van der Waals surface area (Å²) < 4.78 is 7.57. The molecule has 0 bridgehead atoms. The summed E-state index contributed by atoms with van der Waals surface area (Å²) in [4.78, 5) is 5.99. The van der Waals surface area contributed by atoms with Gasteiger partial charge in [0, 0.05) is 30.9 Å². The summed E-state index contributed by atoms with van der Waals surface area (Å²) in [6.45, 7) is 7.15. The van der Waals surface area contributed by atoms with Crippen molar-refractivity contribution in [2.45, 2.75) is 39.8 Å². The Morgan fingerprint density at radius 3 is 2.81 bits per heavy atom. The molecule has 0 spiro atoms. The number of nitrogens with zero attached hydrogens (tertiary/aromatic N) is 4. The molecule has 0 fully saturated rings. The molecule has 2 heterocycles. The second-order valence-corrected chi connectivity index (χ2v) is 7.99. The number of methoxy groups -OCH3 is 1. The van der Waals surface area contributed by atoms with Crippen molar-refractivity contribution in [3.05, 3.63) is 63.9 Å². The van der Waals surface area contributed by atoms with Gasteiger partial charge in [0.2, 0.25) is 0 Å². The topological polar surface area (TPSA) is 76.4 Å². The minimum Gasteiger partial charge on any atom is -0.496 e. The fourth-order valence-electron chi connectivity index (χ4n) is 3.19. The van der Waals surface area contributed by atoms with Crippen LogP contribution in [0.25, 0.3) is 0 Å². The molecule has 1 aromatic carbocycles. The maximum Gasteiger partial charge on any atom is 0.191 e. The van der Waals surface area contributed by atoms with E-state index >= 15 is 0 Å². The number of aliphatic imine (C=N–C) groups is 1. The SMILES string of the molecule is CCc1nncn1CCNC(=NCc1cccs1)NCCc1cc(C)ccc1OC.I. The van der Waals surface area contributed by atoms with Crippen LogP contribution in [0.4, 0.5) is 0 Å². The Bertz CT molecular complexity index is 941. The first kappa shape index (κ1) is 25.1. The summed E-state index contributed by atoms with van der Waals surface area (Å²) in [6.07, 6.45) is 3.51. The van der Waals surface area contributed by atoms with E-state index in [1.54, 1.807) is 24.8 Å². The second kappa shape index (κ2) is 13.3. The molecule has 2 aromatic heterocycles.